The molecule has 20 heteroatoms. The molecule has 0 saturated carbocycles. The van der Waals surface area contributed by atoms with Crippen LogP contribution in [-0.2, 0) is 18.3 Å². The van der Waals surface area contributed by atoms with E-state index in [1.165, 1.54) is 0 Å². The Morgan fingerprint density at radius 1 is 0.500 bits per heavy atom. The summed E-state index contributed by atoms with van der Waals surface area (Å²) in [6, 6.07) is 0. The maximum absolute atomic E-state index is 10.3. The summed E-state index contributed by atoms with van der Waals surface area (Å²) >= 11 is 0. The summed E-state index contributed by atoms with van der Waals surface area (Å²) in [4.78, 5) is 66.2. The van der Waals surface area contributed by atoms with E-state index in [1.807, 2.05) is 0 Å². The zero-order chi connectivity index (χ0) is 20.4. The average molecular weight is 444 g/mol. The summed E-state index contributed by atoms with van der Waals surface area (Å²) < 4.78 is 41.3. The molecular formula is C4H16O16P4. The van der Waals surface area contributed by atoms with Crippen molar-refractivity contribution < 1.29 is 77.8 Å². The number of aliphatic hydroxyl groups excluding tert-OH is 2. The van der Waals surface area contributed by atoms with E-state index in [9.17, 15) is 18.3 Å². The molecular weight excluding hydrogens is 428 g/mol. The molecule has 0 aliphatic rings. The quantitative estimate of drug-likeness (QED) is 0.173. The predicted octanol–water partition coefficient (Wildman–Crippen LogP) is -4.04. The van der Waals surface area contributed by atoms with Crippen molar-refractivity contribution in [3.05, 3.63) is 0 Å². The molecule has 12 N–H and O–H groups in total. The minimum atomic E-state index is -5.47. The Balaban J connectivity index is 0. The van der Waals surface area contributed by atoms with Crippen molar-refractivity contribution in [1.82, 2.24) is 0 Å². The highest BCUT2D eigenvalue weighted by Gasteiger charge is 2.59. The van der Waals surface area contributed by atoms with Gasteiger partial charge in [0.15, 0.2) is 0 Å². The lowest BCUT2D eigenvalue weighted by atomic mass is 10.8. The van der Waals surface area contributed by atoms with Crippen LogP contribution in [0.3, 0.4) is 0 Å². The van der Waals surface area contributed by atoms with Gasteiger partial charge in [-0.2, -0.15) is 0 Å². The van der Waals surface area contributed by atoms with Gasteiger partial charge in [-0.25, -0.2) is 0 Å². The van der Waals surface area contributed by atoms with Crippen molar-refractivity contribution in [2.45, 2.75) is 10.2 Å². The Bertz CT molecular complexity index is 502. The molecule has 0 saturated heterocycles. The van der Waals surface area contributed by atoms with E-state index in [4.69, 9.17) is 59.6 Å². The second kappa shape index (κ2) is 7.99. The van der Waals surface area contributed by atoms with Crippen molar-refractivity contribution in [1.29, 1.82) is 0 Å². The topological polar surface area (TPSA) is 311 Å². The first kappa shape index (κ1) is 26.7. The molecule has 0 heterocycles. The van der Waals surface area contributed by atoms with Crippen LogP contribution in [0.1, 0.15) is 0 Å². The molecule has 0 amide bonds. The molecule has 0 aromatic heterocycles. The van der Waals surface area contributed by atoms with Crippen molar-refractivity contribution in [3.63, 3.8) is 0 Å². The summed E-state index contributed by atoms with van der Waals surface area (Å²) in [5.41, 5.74) is 0. The fourth-order valence-electron chi connectivity index (χ4n) is 0.708. The molecule has 0 aromatic carbocycles. The molecule has 0 rings (SSSR count). The minimum absolute atomic E-state index is 1.72. The predicted molar refractivity (Wildman–Crippen MR) is 72.2 cm³/mol. The van der Waals surface area contributed by atoms with Gasteiger partial charge >= 0.3 is 30.4 Å². The fourth-order valence-corrected chi connectivity index (χ4v) is 4.16. The minimum Gasteiger partial charge on any atom is -0.392 e. The summed E-state index contributed by atoms with van der Waals surface area (Å²) in [6.45, 7) is -3.44. The van der Waals surface area contributed by atoms with Crippen LogP contribution >= 0.6 is 30.4 Å². The van der Waals surface area contributed by atoms with Gasteiger partial charge in [0.05, 0.1) is 13.2 Å². The SMILES string of the molecule is O=P(O)(O)C(O)(CO)P(=O)(O)O.O=P(O)(O)C(O)(CO)P(=O)(O)O. The van der Waals surface area contributed by atoms with Crippen LogP contribution in [0.2, 0.25) is 0 Å². The number of rotatable bonds is 6. The molecule has 0 unspecified atom stereocenters. The lowest BCUT2D eigenvalue weighted by molar-refractivity contribution is 0.0717. The van der Waals surface area contributed by atoms with Crippen molar-refractivity contribution >= 4 is 30.4 Å². The smallest absolute Gasteiger partial charge is 0.371 e. The Kier molecular flexibility index (Phi) is 8.88. The normalized spacial score (nSPS) is 14.8. The second-order valence-electron chi connectivity index (χ2n) is 4.04. The highest BCUT2D eigenvalue weighted by molar-refractivity contribution is 7.72. The van der Waals surface area contributed by atoms with E-state index in [0.29, 0.717) is 0 Å². The van der Waals surface area contributed by atoms with Crippen LogP contribution in [0.5, 0.6) is 0 Å². The van der Waals surface area contributed by atoms with E-state index in [2.05, 4.69) is 0 Å². The van der Waals surface area contributed by atoms with Crippen molar-refractivity contribution in [2.75, 3.05) is 13.2 Å². The molecule has 0 bridgehead atoms. The maximum atomic E-state index is 10.3. The average Bonchev–Trinajstić information content (AvgIpc) is 2.31. The Labute approximate surface area is 132 Å². The highest BCUT2D eigenvalue weighted by atomic mass is 31.2. The standard InChI is InChI=1S/2C2H8O8P2/c2*3-1-2(4,11(5,6)7)12(8,9)10/h2*3-4H,1H2,(H2,5,6,7)(H2,8,9,10). The van der Waals surface area contributed by atoms with Gasteiger partial charge in [0.25, 0.3) is 10.2 Å². The second-order valence-corrected chi connectivity index (χ2v) is 12.1. The number of hydrogen-bond acceptors (Lipinski definition) is 8. The summed E-state index contributed by atoms with van der Waals surface area (Å²) in [5, 5.41) is 26.5. The monoisotopic (exact) mass is 444 g/mol. The van der Waals surface area contributed by atoms with E-state index < -0.39 is 53.8 Å². The third kappa shape index (κ3) is 5.73. The summed E-state index contributed by atoms with van der Waals surface area (Å²) in [6.07, 6.45) is 0. The molecule has 148 valence electrons. The lowest BCUT2D eigenvalue weighted by Crippen LogP contribution is -2.32. The zero-order valence-electron chi connectivity index (χ0n) is 11.2. The summed E-state index contributed by atoms with van der Waals surface area (Å²) in [7, 11) is -21.9. The molecule has 0 spiro atoms. The van der Waals surface area contributed by atoms with Crippen LogP contribution in [-0.4, -0.2) is 83.0 Å². The maximum Gasteiger partial charge on any atom is 0.371 e. The molecule has 16 nitrogen and oxygen atoms in total. The van der Waals surface area contributed by atoms with Gasteiger partial charge in [-0.1, -0.05) is 0 Å². The van der Waals surface area contributed by atoms with Gasteiger partial charge in [-0.15, -0.1) is 0 Å². The molecule has 0 aliphatic carbocycles. The fraction of sp³-hybridized carbons (Fsp3) is 1.00. The molecule has 0 aromatic rings. The van der Waals surface area contributed by atoms with E-state index >= 15 is 0 Å². The van der Waals surface area contributed by atoms with Gasteiger partial charge in [0.2, 0.25) is 0 Å². The first-order valence-electron chi connectivity index (χ1n) is 5.01. The Hall–Kier alpha value is 0.440. The number of aliphatic hydroxyl groups is 4. The van der Waals surface area contributed by atoms with Crippen LogP contribution in [0, 0.1) is 0 Å². The van der Waals surface area contributed by atoms with Gasteiger partial charge in [0, 0.05) is 0 Å². The highest BCUT2D eigenvalue weighted by Crippen LogP contribution is 2.67. The first-order chi connectivity index (χ1) is 10.1. The van der Waals surface area contributed by atoms with E-state index in [0.717, 1.165) is 0 Å². The third-order valence-electron chi connectivity index (χ3n) is 2.29. The molecule has 0 aliphatic heterocycles. The van der Waals surface area contributed by atoms with Crippen molar-refractivity contribution in [3.8, 4) is 0 Å². The Morgan fingerprint density at radius 2 is 0.625 bits per heavy atom. The largest absolute Gasteiger partial charge is 0.392 e. The van der Waals surface area contributed by atoms with Crippen LogP contribution in [0.4, 0.5) is 0 Å². The molecule has 0 fully saturated rings. The van der Waals surface area contributed by atoms with Gasteiger partial charge in [-0.05, 0) is 0 Å². The van der Waals surface area contributed by atoms with Crippen LogP contribution < -0.4 is 0 Å². The first-order valence-corrected chi connectivity index (χ1v) is 11.5. The van der Waals surface area contributed by atoms with Crippen molar-refractivity contribution in [2.24, 2.45) is 0 Å². The van der Waals surface area contributed by atoms with E-state index in [-0.39, 0.29) is 0 Å². The molecule has 24 heavy (non-hydrogen) atoms. The zero-order valence-corrected chi connectivity index (χ0v) is 14.8. The van der Waals surface area contributed by atoms with Gasteiger partial charge in [0.1, 0.15) is 0 Å². The van der Waals surface area contributed by atoms with E-state index in [1.54, 1.807) is 0 Å². The molecule has 0 radical (unpaired) electrons. The van der Waals surface area contributed by atoms with Gasteiger partial charge < -0.3 is 59.6 Å². The van der Waals surface area contributed by atoms with Crippen LogP contribution in [0.25, 0.3) is 0 Å². The lowest BCUT2D eigenvalue weighted by Gasteiger charge is -2.26. The molecule has 0 atom stereocenters. The summed E-state index contributed by atoms with van der Waals surface area (Å²) in [5.74, 6) is 0. The third-order valence-corrected chi connectivity index (χ3v) is 9.71. The van der Waals surface area contributed by atoms with Crippen LogP contribution in [0.15, 0.2) is 0 Å². The Morgan fingerprint density at radius 3 is 0.625 bits per heavy atom. The number of hydrogen-bond donors (Lipinski definition) is 12. The van der Waals surface area contributed by atoms with Gasteiger partial charge in [-0.3, -0.25) is 18.3 Å².